The highest BCUT2D eigenvalue weighted by molar-refractivity contribution is 5.87. The van der Waals surface area contributed by atoms with Crippen LogP contribution in [0.25, 0.3) is 0 Å². The van der Waals surface area contributed by atoms with E-state index in [9.17, 15) is 9.59 Å². The minimum absolute atomic E-state index is 0.0405. The molecule has 0 saturated carbocycles. The maximum absolute atomic E-state index is 12.7. The van der Waals surface area contributed by atoms with E-state index in [0.717, 1.165) is 37.7 Å². The molecular formula is C21H29NO3. The van der Waals surface area contributed by atoms with E-state index >= 15 is 0 Å². The Morgan fingerprint density at radius 3 is 2.60 bits per heavy atom. The van der Waals surface area contributed by atoms with E-state index in [-0.39, 0.29) is 24.0 Å². The maximum atomic E-state index is 12.7. The van der Waals surface area contributed by atoms with Gasteiger partial charge in [0.05, 0.1) is 0 Å². The molecule has 0 aliphatic carbocycles. The standard InChI is InChI=1S/C21H29NO3/c1-3-4-12-19-14-15-20(13-8-9-17(2)23)22(19)21(24)25-16-18-10-6-5-7-11-18/h5-11,19-20H,3-4,12-16H2,1-2H3/b9-8+. The molecule has 2 rings (SSSR count). The zero-order chi connectivity index (χ0) is 18.1. The van der Waals surface area contributed by atoms with Crippen molar-refractivity contribution in [3.8, 4) is 0 Å². The summed E-state index contributed by atoms with van der Waals surface area (Å²) in [7, 11) is 0. The predicted molar refractivity (Wildman–Crippen MR) is 99.2 cm³/mol. The molecule has 1 fully saturated rings. The molecule has 1 heterocycles. The number of rotatable bonds is 8. The normalized spacial score (nSPS) is 20.2. The fourth-order valence-corrected chi connectivity index (χ4v) is 3.40. The first-order valence-corrected chi connectivity index (χ1v) is 9.28. The summed E-state index contributed by atoms with van der Waals surface area (Å²) in [6.45, 7) is 4.01. The molecule has 0 spiro atoms. The van der Waals surface area contributed by atoms with E-state index in [1.807, 2.05) is 41.3 Å². The van der Waals surface area contributed by atoms with Gasteiger partial charge in [0, 0.05) is 12.1 Å². The third kappa shape index (κ3) is 6.04. The third-order valence-electron chi connectivity index (χ3n) is 4.69. The van der Waals surface area contributed by atoms with E-state index in [1.54, 1.807) is 13.0 Å². The quantitative estimate of drug-likeness (QED) is 0.632. The molecule has 1 aliphatic rings. The van der Waals surface area contributed by atoms with Crippen molar-refractivity contribution in [1.82, 2.24) is 4.90 Å². The molecule has 136 valence electrons. The van der Waals surface area contributed by atoms with Crippen LogP contribution < -0.4 is 0 Å². The van der Waals surface area contributed by atoms with Crippen molar-refractivity contribution >= 4 is 11.9 Å². The number of carbonyl (C=O) groups is 2. The molecule has 4 nitrogen and oxygen atoms in total. The van der Waals surface area contributed by atoms with Crippen LogP contribution in [0.2, 0.25) is 0 Å². The molecule has 0 radical (unpaired) electrons. The number of hydrogen-bond acceptors (Lipinski definition) is 3. The van der Waals surface area contributed by atoms with Crippen molar-refractivity contribution in [1.29, 1.82) is 0 Å². The average Bonchev–Trinajstić information content (AvgIpc) is 3.01. The Bertz CT molecular complexity index is 582. The molecule has 1 aromatic carbocycles. The first kappa shape index (κ1) is 19.2. The summed E-state index contributed by atoms with van der Waals surface area (Å²) in [6.07, 6.45) is 9.19. The van der Waals surface area contributed by atoms with Gasteiger partial charge in [-0.2, -0.15) is 0 Å². The Morgan fingerprint density at radius 1 is 1.20 bits per heavy atom. The second kappa shape index (κ2) is 10.0. The largest absolute Gasteiger partial charge is 0.445 e. The molecule has 0 N–H and O–H groups in total. The van der Waals surface area contributed by atoms with Gasteiger partial charge in [0.1, 0.15) is 6.61 Å². The van der Waals surface area contributed by atoms with Gasteiger partial charge in [-0.25, -0.2) is 4.79 Å². The minimum Gasteiger partial charge on any atom is -0.445 e. The summed E-state index contributed by atoms with van der Waals surface area (Å²) >= 11 is 0. The number of ether oxygens (including phenoxy) is 1. The average molecular weight is 343 g/mol. The van der Waals surface area contributed by atoms with Crippen LogP contribution in [-0.2, 0) is 16.1 Å². The number of nitrogens with zero attached hydrogens (tertiary/aromatic N) is 1. The van der Waals surface area contributed by atoms with Crippen molar-refractivity contribution in [2.45, 2.75) is 71.1 Å². The van der Waals surface area contributed by atoms with Gasteiger partial charge in [0.25, 0.3) is 0 Å². The van der Waals surface area contributed by atoms with Crippen molar-refractivity contribution in [2.75, 3.05) is 0 Å². The summed E-state index contributed by atoms with van der Waals surface area (Å²) in [5, 5.41) is 0. The van der Waals surface area contributed by atoms with Crippen LogP contribution >= 0.6 is 0 Å². The van der Waals surface area contributed by atoms with Crippen LogP contribution in [0, 0.1) is 0 Å². The monoisotopic (exact) mass is 343 g/mol. The predicted octanol–water partition coefficient (Wildman–Crippen LogP) is 4.88. The molecule has 1 aliphatic heterocycles. The summed E-state index contributed by atoms with van der Waals surface area (Å²) < 4.78 is 5.58. The number of hydrogen-bond donors (Lipinski definition) is 0. The molecule has 1 aromatic rings. The van der Waals surface area contributed by atoms with E-state index in [4.69, 9.17) is 4.74 Å². The van der Waals surface area contributed by atoms with Crippen molar-refractivity contribution in [2.24, 2.45) is 0 Å². The molecule has 0 aromatic heterocycles. The minimum atomic E-state index is -0.233. The molecule has 2 atom stereocenters. The van der Waals surface area contributed by atoms with Gasteiger partial charge < -0.3 is 9.64 Å². The van der Waals surface area contributed by atoms with Crippen LogP contribution in [0.4, 0.5) is 4.79 Å². The second-order valence-corrected chi connectivity index (χ2v) is 6.72. The molecular weight excluding hydrogens is 314 g/mol. The lowest BCUT2D eigenvalue weighted by Gasteiger charge is -2.29. The Morgan fingerprint density at radius 2 is 1.92 bits per heavy atom. The first-order chi connectivity index (χ1) is 12.1. The highest BCUT2D eigenvalue weighted by Crippen LogP contribution is 2.30. The van der Waals surface area contributed by atoms with Crippen molar-refractivity contribution < 1.29 is 14.3 Å². The Kier molecular flexibility index (Phi) is 7.71. The van der Waals surface area contributed by atoms with Gasteiger partial charge >= 0.3 is 6.09 Å². The highest BCUT2D eigenvalue weighted by Gasteiger charge is 2.36. The number of benzene rings is 1. The van der Waals surface area contributed by atoms with E-state index in [2.05, 4.69) is 6.92 Å². The molecule has 1 amide bonds. The number of carbonyl (C=O) groups excluding carboxylic acids is 2. The van der Waals surface area contributed by atoms with Gasteiger partial charge in [-0.1, -0.05) is 56.2 Å². The number of likely N-dealkylation sites (tertiary alicyclic amines) is 1. The topological polar surface area (TPSA) is 46.6 Å². The molecule has 25 heavy (non-hydrogen) atoms. The number of allylic oxidation sites excluding steroid dienone is 1. The van der Waals surface area contributed by atoms with Crippen LogP contribution in [0.15, 0.2) is 42.5 Å². The van der Waals surface area contributed by atoms with E-state index < -0.39 is 0 Å². The lowest BCUT2D eigenvalue weighted by Crippen LogP contribution is -2.41. The number of unbranched alkanes of at least 4 members (excludes halogenated alkanes) is 1. The van der Waals surface area contributed by atoms with Gasteiger partial charge in [-0.15, -0.1) is 0 Å². The van der Waals surface area contributed by atoms with Crippen molar-refractivity contribution in [3.05, 3.63) is 48.0 Å². The zero-order valence-electron chi connectivity index (χ0n) is 15.3. The van der Waals surface area contributed by atoms with Gasteiger partial charge in [0.15, 0.2) is 5.78 Å². The summed E-state index contributed by atoms with van der Waals surface area (Å²) in [5.41, 5.74) is 0.994. The fraction of sp³-hybridized carbons (Fsp3) is 0.524. The van der Waals surface area contributed by atoms with Crippen molar-refractivity contribution in [3.63, 3.8) is 0 Å². The van der Waals surface area contributed by atoms with Crippen LogP contribution in [0.3, 0.4) is 0 Å². The van der Waals surface area contributed by atoms with E-state index in [1.165, 1.54) is 0 Å². The Labute approximate surface area is 150 Å². The first-order valence-electron chi connectivity index (χ1n) is 9.28. The van der Waals surface area contributed by atoms with Gasteiger partial charge in [-0.3, -0.25) is 4.79 Å². The SMILES string of the molecule is CCCCC1CCC(C/C=C/C(C)=O)N1C(=O)OCc1ccccc1. The smallest absolute Gasteiger partial charge is 0.410 e. The summed E-state index contributed by atoms with van der Waals surface area (Å²) in [6, 6.07) is 10.1. The summed E-state index contributed by atoms with van der Waals surface area (Å²) in [4.78, 5) is 25.7. The maximum Gasteiger partial charge on any atom is 0.410 e. The van der Waals surface area contributed by atoms with Gasteiger partial charge in [0.2, 0.25) is 0 Å². The number of ketones is 1. The lowest BCUT2D eigenvalue weighted by molar-refractivity contribution is -0.112. The van der Waals surface area contributed by atoms with Gasteiger partial charge in [-0.05, 0) is 44.2 Å². The number of amides is 1. The highest BCUT2D eigenvalue weighted by atomic mass is 16.6. The molecule has 4 heteroatoms. The van der Waals surface area contributed by atoms with Crippen LogP contribution in [0.1, 0.15) is 57.9 Å². The molecule has 1 saturated heterocycles. The van der Waals surface area contributed by atoms with Crippen LogP contribution in [-0.4, -0.2) is 28.9 Å². The second-order valence-electron chi connectivity index (χ2n) is 6.72. The molecule has 2 unspecified atom stereocenters. The lowest BCUT2D eigenvalue weighted by atomic mass is 10.1. The Hall–Kier alpha value is -2.10. The molecule has 0 bridgehead atoms. The third-order valence-corrected chi connectivity index (χ3v) is 4.69. The van der Waals surface area contributed by atoms with E-state index in [0.29, 0.717) is 13.0 Å². The Balaban J connectivity index is 1.99. The zero-order valence-corrected chi connectivity index (χ0v) is 15.3. The summed E-state index contributed by atoms with van der Waals surface area (Å²) in [5.74, 6) is 0.0405. The van der Waals surface area contributed by atoms with Crippen LogP contribution in [0.5, 0.6) is 0 Å². The fourth-order valence-electron chi connectivity index (χ4n) is 3.40.